The van der Waals surface area contributed by atoms with E-state index in [2.05, 4.69) is 5.32 Å². The van der Waals surface area contributed by atoms with E-state index in [4.69, 9.17) is 0 Å². The normalized spacial score (nSPS) is 15.2. The first kappa shape index (κ1) is 17.4. The molecule has 0 spiro atoms. The number of quaternary nitrogens is 1. The second-order valence-corrected chi connectivity index (χ2v) is 6.25. The van der Waals surface area contributed by atoms with Gasteiger partial charge < -0.3 is 15.1 Å². The number of carbonyl (C=O) groups is 1. The molecule has 0 aliphatic carbocycles. The van der Waals surface area contributed by atoms with Gasteiger partial charge in [0.05, 0.1) is 44.8 Å². The third kappa shape index (κ3) is 4.76. The molecule has 1 fully saturated rings. The molecule has 25 heavy (non-hydrogen) atoms. The van der Waals surface area contributed by atoms with Crippen molar-refractivity contribution in [1.82, 2.24) is 0 Å². The van der Waals surface area contributed by atoms with Gasteiger partial charge in [0, 0.05) is 5.69 Å². The molecule has 0 unspecified atom stereocenters. The molecule has 0 radical (unpaired) electrons. The van der Waals surface area contributed by atoms with Crippen molar-refractivity contribution < 1.29 is 18.5 Å². The molecule has 1 amide bonds. The van der Waals surface area contributed by atoms with Crippen molar-refractivity contribution in [1.29, 1.82) is 0 Å². The number of piperazine rings is 1. The minimum atomic E-state index is -0.368. The van der Waals surface area contributed by atoms with E-state index in [0.717, 1.165) is 26.2 Å². The third-order valence-electron chi connectivity index (χ3n) is 4.48. The number of nitrogens with zero attached hydrogens (tertiary/aromatic N) is 1. The van der Waals surface area contributed by atoms with Gasteiger partial charge in [0.15, 0.2) is 0 Å². The molecule has 6 heteroatoms. The maximum absolute atomic E-state index is 13.8. The fourth-order valence-corrected chi connectivity index (χ4v) is 3.10. The summed E-state index contributed by atoms with van der Waals surface area (Å²) in [6.07, 6.45) is 0.381. The van der Waals surface area contributed by atoms with Gasteiger partial charge in [0.2, 0.25) is 5.91 Å². The molecule has 2 aromatic rings. The molecule has 3 rings (SSSR count). The first-order valence-electron chi connectivity index (χ1n) is 8.50. The Morgan fingerprint density at radius 1 is 1.08 bits per heavy atom. The number of amides is 1. The van der Waals surface area contributed by atoms with Crippen LogP contribution in [0.5, 0.6) is 0 Å². The summed E-state index contributed by atoms with van der Waals surface area (Å²) in [7, 11) is 0. The van der Waals surface area contributed by atoms with Gasteiger partial charge in [-0.15, -0.1) is 0 Å². The molecule has 1 heterocycles. The molecule has 1 aliphatic rings. The number of halogens is 2. The van der Waals surface area contributed by atoms with E-state index in [1.807, 2.05) is 11.0 Å². The number of nitrogens with one attached hydrogen (secondary N) is 2. The van der Waals surface area contributed by atoms with Gasteiger partial charge >= 0.3 is 0 Å². The number of rotatable bonds is 5. The zero-order chi connectivity index (χ0) is 17.6. The van der Waals surface area contributed by atoms with Crippen LogP contribution < -0.4 is 15.1 Å². The molecule has 2 N–H and O–H groups in total. The molecule has 1 aliphatic heterocycles. The lowest BCUT2D eigenvalue weighted by molar-refractivity contribution is -0.900. The third-order valence-corrected chi connectivity index (χ3v) is 4.48. The van der Waals surface area contributed by atoms with E-state index in [9.17, 15) is 13.6 Å². The summed E-state index contributed by atoms with van der Waals surface area (Å²) in [5.41, 5.74) is 1.12. The van der Waals surface area contributed by atoms with Crippen LogP contribution in [0.3, 0.4) is 0 Å². The van der Waals surface area contributed by atoms with E-state index in [-0.39, 0.29) is 17.5 Å². The van der Waals surface area contributed by atoms with Crippen LogP contribution in [0.4, 0.5) is 20.2 Å². The highest BCUT2D eigenvalue weighted by atomic mass is 19.1. The quantitative estimate of drug-likeness (QED) is 0.865. The highest BCUT2D eigenvalue weighted by molar-refractivity contribution is 5.90. The van der Waals surface area contributed by atoms with Crippen molar-refractivity contribution in [3.05, 3.63) is 60.2 Å². The van der Waals surface area contributed by atoms with Gasteiger partial charge in [-0.05, 0) is 30.3 Å². The predicted octanol–water partition coefficient (Wildman–Crippen LogP) is 1.70. The van der Waals surface area contributed by atoms with E-state index >= 15 is 0 Å². The standard InChI is InChI=1S/C19H21F2N3O/c20-15-4-3-5-16(14-15)22-19(25)8-9-23-10-12-24(13-11-23)18-7-2-1-6-17(18)21/h1-7,14H,8-13H2,(H,22,25)/p+1. The van der Waals surface area contributed by atoms with Crippen molar-refractivity contribution in [3.63, 3.8) is 0 Å². The van der Waals surface area contributed by atoms with Crippen LogP contribution in [0, 0.1) is 11.6 Å². The zero-order valence-electron chi connectivity index (χ0n) is 14.0. The summed E-state index contributed by atoms with van der Waals surface area (Å²) >= 11 is 0. The van der Waals surface area contributed by atoms with Crippen molar-refractivity contribution >= 4 is 17.3 Å². The van der Waals surface area contributed by atoms with Crippen LogP contribution in [0.15, 0.2) is 48.5 Å². The molecule has 0 bridgehead atoms. The van der Waals surface area contributed by atoms with Crippen molar-refractivity contribution in [3.8, 4) is 0 Å². The van der Waals surface area contributed by atoms with Gasteiger partial charge in [-0.25, -0.2) is 8.78 Å². The van der Waals surface area contributed by atoms with Gasteiger partial charge in [0.1, 0.15) is 11.6 Å². The Morgan fingerprint density at radius 3 is 2.56 bits per heavy atom. The monoisotopic (exact) mass is 346 g/mol. The largest absolute Gasteiger partial charge is 0.358 e. The summed E-state index contributed by atoms with van der Waals surface area (Å²) in [6, 6.07) is 12.7. The number of hydrogen-bond acceptors (Lipinski definition) is 2. The molecular formula is C19H22F2N3O+. The fraction of sp³-hybridized carbons (Fsp3) is 0.316. The Balaban J connectivity index is 1.43. The maximum atomic E-state index is 13.8. The lowest BCUT2D eigenvalue weighted by Gasteiger charge is -2.33. The van der Waals surface area contributed by atoms with Crippen molar-refractivity contribution in [2.24, 2.45) is 0 Å². The fourth-order valence-electron chi connectivity index (χ4n) is 3.10. The Hall–Kier alpha value is -2.47. The number of para-hydroxylation sites is 1. The lowest BCUT2D eigenvalue weighted by atomic mass is 10.2. The van der Waals surface area contributed by atoms with Gasteiger partial charge in [0.25, 0.3) is 0 Å². The van der Waals surface area contributed by atoms with E-state index in [0.29, 0.717) is 24.3 Å². The molecule has 0 saturated carbocycles. The number of hydrogen-bond donors (Lipinski definition) is 2. The highest BCUT2D eigenvalue weighted by Crippen LogP contribution is 2.18. The second-order valence-electron chi connectivity index (χ2n) is 6.25. The lowest BCUT2D eigenvalue weighted by Crippen LogP contribution is -3.15. The SMILES string of the molecule is O=C(CC[NH+]1CCN(c2ccccc2F)CC1)Nc1cccc(F)c1. The molecule has 1 saturated heterocycles. The molecule has 4 nitrogen and oxygen atoms in total. The molecule has 2 aromatic carbocycles. The average Bonchev–Trinajstić information content (AvgIpc) is 2.61. The Labute approximate surface area is 146 Å². The minimum absolute atomic E-state index is 0.116. The van der Waals surface area contributed by atoms with Crippen LogP contribution in [0.1, 0.15) is 6.42 Å². The smallest absolute Gasteiger partial charge is 0.230 e. The first-order chi connectivity index (χ1) is 12.1. The van der Waals surface area contributed by atoms with Crippen LogP contribution in [-0.4, -0.2) is 38.6 Å². The average molecular weight is 346 g/mol. The number of anilines is 2. The second kappa shape index (κ2) is 8.07. The van der Waals surface area contributed by atoms with E-state index in [1.54, 1.807) is 24.3 Å². The summed E-state index contributed by atoms with van der Waals surface area (Å²) < 4.78 is 26.9. The van der Waals surface area contributed by atoms with E-state index < -0.39 is 0 Å². The van der Waals surface area contributed by atoms with Gasteiger partial charge in [-0.1, -0.05) is 18.2 Å². The molecule has 132 valence electrons. The maximum Gasteiger partial charge on any atom is 0.230 e. The topological polar surface area (TPSA) is 36.8 Å². The Kier molecular flexibility index (Phi) is 5.60. The summed E-state index contributed by atoms with van der Waals surface area (Å²) in [6.45, 7) is 3.97. The van der Waals surface area contributed by atoms with Crippen LogP contribution >= 0.6 is 0 Å². The molecule has 0 atom stereocenters. The highest BCUT2D eigenvalue weighted by Gasteiger charge is 2.22. The van der Waals surface area contributed by atoms with Crippen molar-refractivity contribution in [2.45, 2.75) is 6.42 Å². The number of benzene rings is 2. The zero-order valence-corrected chi connectivity index (χ0v) is 14.0. The van der Waals surface area contributed by atoms with Crippen LogP contribution in [-0.2, 0) is 4.79 Å². The minimum Gasteiger partial charge on any atom is -0.358 e. The molecular weight excluding hydrogens is 324 g/mol. The summed E-state index contributed by atoms with van der Waals surface area (Å²) in [4.78, 5) is 15.4. The first-order valence-corrected chi connectivity index (χ1v) is 8.50. The van der Waals surface area contributed by atoms with Crippen LogP contribution in [0.2, 0.25) is 0 Å². The number of carbonyl (C=O) groups excluding carboxylic acids is 1. The Bertz CT molecular complexity index is 730. The van der Waals surface area contributed by atoms with Gasteiger partial charge in [-0.3, -0.25) is 4.79 Å². The predicted molar refractivity (Wildman–Crippen MR) is 93.8 cm³/mol. The van der Waals surface area contributed by atoms with Crippen LogP contribution in [0.25, 0.3) is 0 Å². The van der Waals surface area contributed by atoms with Crippen molar-refractivity contribution in [2.75, 3.05) is 42.9 Å². The molecule has 0 aromatic heterocycles. The van der Waals surface area contributed by atoms with E-state index in [1.165, 1.54) is 23.1 Å². The Morgan fingerprint density at radius 2 is 1.84 bits per heavy atom. The summed E-state index contributed by atoms with van der Waals surface area (Å²) in [5.74, 6) is -0.678. The van der Waals surface area contributed by atoms with Gasteiger partial charge in [-0.2, -0.15) is 0 Å². The summed E-state index contributed by atoms with van der Waals surface area (Å²) in [5, 5.41) is 2.71.